The minimum Gasteiger partial charge on any atom is -0.452 e. The van der Waals surface area contributed by atoms with Crippen molar-refractivity contribution in [1.29, 1.82) is 0 Å². The maximum atomic E-state index is 12.4. The van der Waals surface area contributed by atoms with E-state index in [1.54, 1.807) is 0 Å². The number of carbonyl (C=O) groups is 2. The lowest BCUT2D eigenvalue weighted by atomic mass is 9.97. The van der Waals surface area contributed by atoms with Crippen molar-refractivity contribution in [1.82, 2.24) is 4.90 Å². The Morgan fingerprint density at radius 1 is 1.33 bits per heavy atom. The third-order valence-corrected chi connectivity index (χ3v) is 4.79. The Hall–Kier alpha value is -1.28. The van der Waals surface area contributed by atoms with Crippen LogP contribution in [0.3, 0.4) is 0 Å². The molecule has 1 heterocycles. The van der Waals surface area contributed by atoms with Crippen LogP contribution >= 0.6 is 0 Å². The molecule has 0 radical (unpaired) electrons. The van der Waals surface area contributed by atoms with E-state index in [0.717, 1.165) is 38.1 Å². The van der Waals surface area contributed by atoms with Crippen molar-refractivity contribution in [3.8, 4) is 11.8 Å². The largest absolute Gasteiger partial charge is 0.452 e. The van der Waals surface area contributed by atoms with Crippen molar-refractivity contribution < 1.29 is 14.3 Å². The van der Waals surface area contributed by atoms with Gasteiger partial charge in [0.1, 0.15) is 0 Å². The predicted molar refractivity (Wildman–Crippen MR) is 86.6 cm³/mol. The molecule has 21 heavy (non-hydrogen) atoms. The maximum absolute atomic E-state index is 12.4. The van der Waals surface area contributed by atoms with Crippen LogP contribution in [0.1, 0.15) is 32.1 Å². The molecule has 0 N–H and O–H groups in total. The van der Waals surface area contributed by atoms with E-state index in [1.807, 2.05) is 0 Å². The lowest BCUT2D eigenvalue weighted by Gasteiger charge is -2.20. The molecule has 1 rings (SSSR count). The van der Waals surface area contributed by atoms with Crippen molar-refractivity contribution >= 4 is 20.1 Å². The molecular weight excluding hydrogens is 282 g/mol. The molecule has 0 unspecified atom stereocenters. The third-order valence-electron chi connectivity index (χ3n) is 3.56. The van der Waals surface area contributed by atoms with E-state index in [1.165, 1.54) is 12.0 Å². The quantitative estimate of drug-likeness (QED) is 0.592. The Kier molecular flexibility index (Phi) is 6.96. The van der Waals surface area contributed by atoms with Crippen LogP contribution < -0.4 is 0 Å². The summed E-state index contributed by atoms with van der Waals surface area (Å²) < 4.78 is 4.69. The molecule has 0 aromatic carbocycles. The minimum absolute atomic E-state index is 0.0900. The Labute approximate surface area is 129 Å². The molecule has 0 aliphatic carbocycles. The first-order valence-corrected chi connectivity index (χ1v) is 11.4. The van der Waals surface area contributed by atoms with Gasteiger partial charge in [-0.1, -0.05) is 26.1 Å². The third kappa shape index (κ3) is 6.34. The highest BCUT2D eigenvalue weighted by atomic mass is 28.3. The minimum atomic E-state index is -1.11. The van der Waals surface area contributed by atoms with Gasteiger partial charge < -0.3 is 4.74 Å². The molecule has 0 aromatic rings. The van der Waals surface area contributed by atoms with Gasteiger partial charge >= 0.3 is 6.09 Å². The Balaban J connectivity index is 2.53. The van der Waals surface area contributed by atoms with Crippen LogP contribution in [0.2, 0.25) is 25.7 Å². The topological polar surface area (TPSA) is 46.6 Å². The number of ether oxygens (including phenoxy) is 1. The number of rotatable bonds is 3. The van der Waals surface area contributed by atoms with Crippen molar-refractivity contribution in [3.05, 3.63) is 0 Å². The molecule has 1 aliphatic rings. The van der Waals surface area contributed by atoms with Crippen molar-refractivity contribution in [2.45, 2.75) is 57.8 Å². The maximum Gasteiger partial charge on any atom is 0.416 e. The molecule has 0 bridgehead atoms. The zero-order valence-electron chi connectivity index (χ0n) is 13.7. The molecular formula is C16H27NO3Si. The lowest BCUT2D eigenvalue weighted by Crippen LogP contribution is -2.39. The predicted octanol–water partition coefficient (Wildman–Crippen LogP) is 3.50. The molecule has 1 atom stereocenters. The highest BCUT2D eigenvalue weighted by Gasteiger charge is 2.30. The van der Waals surface area contributed by atoms with Gasteiger partial charge in [0.15, 0.2) is 0 Å². The van der Waals surface area contributed by atoms with E-state index in [4.69, 9.17) is 0 Å². The van der Waals surface area contributed by atoms with Gasteiger partial charge in [-0.15, -0.1) is 11.8 Å². The van der Waals surface area contributed by atoms with Crippen LogP contribution in [0.15, 0.2) is 0 Å². The summed E-state index contributed by atoms with van der Waals surface area (Å²) in [6.45, 7) is 7.36. The molecule has 1 fully saturated rings. The van der Waals surface area contributed by atoms with Crippen LogP contribution in [-0.4, -0.2) is 38.6 Å². The van der Waals surface area contributed by atoms with E-state index in [-0.39, 0.29) is 11.8 Å². The van der Waals surface area contributed by atoms with Crippen molar-refractivity contribution in [3.63, 3.8) is 0 Å². The van der Waals surface area contributed by atoms with Crippen LogP contribution in [-0.2, 0) is 9.53 Å². The Morgan fingerprint density at radius 2 is 2.05 bits per heavy atom. The molecule has 0 aromatic heterocycles. The molecule has 118 valence electrons. The smallest absolute Gasteiger partial charge is 0.416 e. The van der Waals surface area contributed by atoms with Crippen molar-refractivity contribution in [2.24, 2.45) is 5.92 Å². The zero-order chi connectivity index (χ0) is 15.9. The second kappa shape index (κ2) is 8.23. The van der Waals surface area contributed by atoms with E-state index < -0.39 is 14.2 Å². The van der Waals surface area contributed by atoms with Gasteiger partial charge in [-0.25, -0.2) is 9.69 Å². The Morgan fingerprint density at radius 3 is 2.67 bits per heavy atom. The number of carbonyl (C=O) groups excluding carboxylic acids is 2. The van der Waals surface area contributed by atoms with Gasteiger partial charge in [0.2, 0.25) is 5.91 Å². The number of methoxy groups -OCH3 is 1. The first kappa shape index (κ1) is 17.8. The fourth-order valence-electron chi connectivity index (χ4n) is 2.34. The highest BCUT2D eigenvalue weighted by Crippen LogP contribution is 2.22. The second-order valence-electron chi connectivity index (χ2n) is 6.78. The Bertz CT molecular complexity index is 431. The van der Waals surface area contributed by atoms with Crippen LogP contribution in [0, 0.1) is 17.8 Å². The van der Waals surface area contributed by atoms with Crippen LogP contribution in [0.25, 0.3) is 0 Å². The standard InChI is InChI=1S/C16H27NO3Si/c1-20-16(19)17-12-8-7-11-14(15(17)18)10-6-5-9-13-21(2,3)4/h14H,6-8,10-13H2,1-4H3/t14-/m0/s1. The van der Waals surface area contributed by atoms with Gasteiger partial charge in [-0.2, -0.15) is 0 Å². The average molecular weight is 309 g/mol. The average Bonchev–Trinajstić information content (AvgIpc) is 2.59. The lowest BCUT2D eigenvalue weighted by molar-refractivity contribution is -0.133. The number of likely N-dealkylation sites (tertiary alicyclic amines) is 1. The summed E-state index contributed by atoms with van der Waals surface area (Å²) in [5, 5.41) is 0. The number of nitrogens with zero attached hydrogens (tertiary/aromatic N) is 1. The summed E-state index contributed by atoms with van der Waals surface area (Å²) in [6.07, 6.45) is 3.63. The second-order valence-corrected chi connectivity index (χ2v) is 12.3. The SMILES string of the molecule is COC(=O)N1CCCC[C@H](CCC#CC[Si](C)(C)C)C1=O. The van der Waals surface area contributed by atoms with E-state index in [0.29, 0.717) is 6.54 Å². The normalized spacial score (nSPS) is 19.5. The van der Waals surface area contributed by atoms with Gasteiger partial charge in [-0.05, 0) is 19.3 Å². The molecule has 0 saturated carbocycles. The summed E-state index contributed by atoms with van der Waals surface area (Å²) in [6, 6.07) is 1.000. The zero-order valence-corrected chi connectivity index (χ0v) is 14.7. The first-order chi connectivity index (χ1) is 9.85. The van der Waals surface area contributed by atoms with Gasteiger partial charge in [-0.3, -0.25) is 4.79 Å². The van der Waals surface area contributed by atoms with E-state index >= 15 is 0 Å². The van der Waals surface area contributed by atoms with E-state index in [9.17, 15) is 9.59 Å². The summed E-state index contributed by atoms with van der Waals surface area (Å²) in [5.74, 6) is 6.24. The van der Waals surface area contributed by atoms with Crippen LogP contribution in [0.5, 0.6) is 0 Å². The highest BCUT2D eigenvalue weighted by molar-refractivity contribution is 6.76. The molecule has 1 saturated heterocycles. The van der Waals surface area contributed by atoms with Gasteiger partial charge in [0.05, 0.1) is 15.2 Å². The number of hydrogen-bond acceptors (Lipinski definition) is 3. The number of imide groups is 1. The van der Waals surface area contributed by atoms with Crippen LogP contribution in [0.4, 0.5) is 4.79 Å². The molecule has 0 spiro atoms. The first-order valence-electron chi connectivity index (χ1n) is 7.70. The molecule has 1 aliphatic heterocycles. The number of amides is 2. The fraction of sp³-hybridized carbons (Fsp3) is 0.750. The monoisotopic (exact) mass is 309 g/mol. The summed E-state index contributed by atoms with van der Waals surface area (Å²) in [7, 11) is 0.208. The van der Waals surface area contributed by atoms with Gasteiger partial charge in [0, 0.05) is 24.9 Å². The summed E-state index contributed by atoms with van der Waals surface area (Å²) in [5.41, 5.74) is 0. The van der Waals surface area contributed by atoms with E-state index in [2.05, 4.69) is 36.2 Å². The summed E-state index contributed by atoms with van der Waals surface area (Å²) >= 11 is 0. The molecule has 2 amide bonds. The fourth-order valence-corrected chi connectivity index (χ4v) is 2.99. The summed E-state index contributed by atoms with van der Waals surface area (Å²) in [4.78, 5) is 25.2. The van der Waals surface area contributed by atoms with Gasteiger partial charge in [0.25, 0.3) is 0 Å². The molecule has 5 heteroatoms. The van der Waals surface area contributed by atoms with Crippen molar-refractivity contribution in [2.75, 3.05) is 13.7 Å². The number of hydrogen-bond donors (Lipinski definition) is 0. The molecule has 4 nitrogen and oxygen atoms in total.